The number of aliphatic hydroxyl groups excluding tert-OH is 1. The predicted octanol–water partition coefficient (Wildman–Crippen LogP) is 2.71. The Labute approximate surface area is 72.0 Å². The summed E-state index contributed by atoms with van der Waals surface area (Å²) in [6.45, 7) is 2.20. The number of hydrogen-bond donors (Lipinski definition) is 1. The first-order chi connectivity index (χ1) is 4.81. The zero-order valence-electron chi connectivity index (χ0n) is 6.65. The fourth-order valence-electron chi connectivity index (χ4n) is 0.884. The van der Waals surface area contributed by atoms with Crippen LogP contribution in [0.3, 0.4) is 0 Å². The molecule has 0 saturated carbocycles. The second kappa shape index (κ2) is 7.55. The van der Waals surface area contributed by atoms with Crippen molar-refractivity contribution in [2.75, 3.05) is 5.33 Å². The Morgan fingerprint density at radius 1 is 1.30 bits per heavy atom. The van der Waals surface area contributed by atoms with Crippen molar-refractivity contribution in [3.05, 3.63) is 0 Å². The SMILES string of the molecule is CCCCCCC(O)CBr. The molecule has 1 unspecified atom stereocenters. The summed E-state index contributed by atoms with van der Waals surface area (Å²) in [5.74, 6) is 0. The van der Waals surface area contributed by atoms with E-state index in [1.807, 2.05) is 0 Å². The zero-order chi connectivity index (χ0) is 7.82. The molecule has 2 heteroatoms. The number of halogens is 1. The molecule has 10 heavy (non-hydrogen) atoms. The highest BCUT2D eigenvalue weighted by Crippen LogP contribution is 2.06. The van der Waals surface area contributed by atoms with Crippen molar-refractivity contribution in [2.24, 2.45) is 0 Å². The van der Waals surface area contributed by atoms with E-state index in [2.05, 4.69) is 22.9 Å². The first kappa shape index (κ1) is 10.4. The van der Waals surface area contributed by atoms with Gasteiger partial charge in [0.05, 0.1) is 6.10 Å². The summed E-state index contributed by atoms with van der Waals surface area (Å²) in [6.07, 6.45) is 5.82. The molecule has 1 atom stereocenters. The monoisotopic (exact) mass is 208 g/mol. The Morgan fingerprint density at radius 2 is 2.00 bits per heavy atom. The van der Waals surface area contributed by atoms with Gasteiger partial charge in [0.2, 0.25) is 0 Å². The number of unbranched alkanes of at least 4 members (excludes halogenated alkanes) is 3. The lowest BCUT2D eigenvalue weighted by Gasteiger charge is -2.04. The van der Waals surface area contributed by atoms with Crippen molar-refractivity contribution in [3.63, 3.8) is 0 Å². The van der Waals surface area contributed by atoms with Crippen molar-refractivity contribution in [1.29, 1.82) is 0 Å². The van der Waals surface area contributed by atoms with E-state index >= 15 is 0 Å². The van der Waals surface area contributed by atoms with Gasteiger partial charge in [-0.3, -0.25) is 0 Å². The molecule has 0 saturated heterocycles. The predicted molar refractivity (Wildman–Crippen MR) is 48.6 cm³/mol. The number of aliphatic hydroxyl groups is 1. The molecule has 0 heterocycles. The molecule has 1 nitrogen and oxygen atoms in total. The average molecular weight is 209 g/mol. The third-order valence-corrected chi connectivity index (χ3v) is 2.32. The van der Waals surface area contributed by atoms with Crippen LogP contribution in [0.5, 0.6) is 0 Å². The minimum absolute atomic E-state index is 0.128. The normalized spacial score (nSPS) is 13.5. The Bertz CT molecular complexity index is 66.3. The molecule has 0 bridgehead atoms. The van der Waals surface area contributed by atoms with E-state index in [-0.39, 0.29) is 6.10 Å². The van der Waals surface area contributed by atoms with Gasteiger partial charge in [0.25, 0.3) is 0 Å². The first-order valence-corrected chi connectivity index (χ1v) is 5.17. The minimum atomic E-state index is -0.128. The van der Waals surface area contributed by atoms with Gasteiger partial charge in [-0.25, -0.2) is 0 Å². The molecule has 0 aliphatic heterocycles. The van der Waals surface area contributed by atoms with Crippen molar-refractivity contribution >= 4 is 15.9 Å². The van der Waals surface area contributed by atoms with E-state index in [1.165, 1.54) is 25.7 Å². The zero-order valence-corrected chi connectivity index (χ0v) is 8.23. The lowest BCUT2D eigenvalue weighted by molar-refractivity contribution is 0.186. The van der Waals surface area contributed by atoms with Crippen LogP contribution in [0.25, 0.3) is 0 Å². The molecule has 0 spiro atoms. The van der Waals surface area contributed by atoms with Crippen molar-refractivity contribution in [2.45, 2.75) is 45.1 Å². The van der Waals surface area contributed by atoms with Gasteiger partial charge in [0.15, 0.2) is 0 Å². The molecule has 62 valence electrons. The number of hydrogen-bond acceptors (Lipinski definition) is 1. The Hall–Kier alpha value is 0.440. The standard InChI is InChI=1S/C8H17BrO/c1-2-3-4-5-6-8(10)7-9/h8,10H,2-7H2,1H3. The smallest absolute Gasteiger partial charge is 0.0637 e. The van der Waals surface area contributed by atoms with Gasteiger partial charge in [-0.15, -0.1) is 0 Å². The van der Waals surface area contributed by atoms with E-state index < -0.39 is 0 Å². The molecule has 0 aliphatic carbocycles. The van der Waals surface area contributed by atoms with E-state index in [0.717, 1.165) is 11.8 Å². The Balaban J connectivity index is 2.89. The largest absolute Gasteiger partial charge is 0.392 e. The van der Waals surface area contributed by atoms with E-state index in [0.29, 0.717) is 0 Å². The maximum atomic E-state index is 9.11. The molecular weight excluding hydrogens is 192 g/mol. The molecule has 0 aromatic carbocycles. The van der Waals surface area contributed by atoms with E-state index in [1.54, 1.807) is 0 Å². The van der Waals surface area contributed by atoms with Gasteiger partial charge in [-0.1, -0.05) is 48.5 Å². The highest BCUT2D eigenvalue weighted by atomic mass is 79.9. The van der Waals surface area contributed by atoms with Crippen molar-refractivity contribution < 1.29 is 5.11 Å². The fraction of sp³-hybridized carbons (Fsp3) is 1.00. The van der Waals surface area contributed by atoms with E-state index in [9.17, 15) is 0 Å². The van der Waals surface area contributed by atoms with Crippen LogP contribution in [-0.4, -0.2) is 16.5 Å². The third kappa shape index (κ3) is 6.56. The van der Waals surface area contributed by atoms with Gasteiger partial charge < -0.3 is 5.11 Å². The molecule has 0 rings (SSSR count). The molecule has 0 aromatic heterocycles. The summed E-state index contributed by atoms with van der Waals surface area (Å²) in [4.78, 5) is 0. The van der Waals surface area contributed by atoms with Gasteiger partial charge in [0.1, 0.15) is 0 Å². The summed E-state index contributed by atoms with van der Waals surface area (Å²) < 4.78 is 0. The molecule has 0 fully saturated rings. The lowest BCUT2D eigenvalue weighted by Crippen LogP contribution is -2.06. The highest BCUT2D eigenvalue weighted by molar-refractivity contribution is 9.09. The second-order valence-corrected chi connectivity index (χ2v) is 3.30. The summed E-state index contributed by atoms with van der Waals surface area (Å²) in [7, 11) is 0. The first-order valence-electron chi connectivity index (χ1n) is 4.05. The molecule has 0 aromatic rings. The molecule has 0 amide bonds. The third-order valence-electron chi connectivity index (χ3n) is 1.57. The van der Waals surface area contributed by atoms with Crippen molar-refractivity contribution in [1.82, 2.24) is 0 Å². The summed E-state index contributed by atoms with van der Waals surface area (Å²) in [6, 6.07) is 0. The Morgan fingerprint density at radius 3 is 2.50 bits per heavy atom. The fourth-order valence-corrected chi connectivity index (χ4v) is 1.21. The quantitative estimate of drug-likeness (QED) is 0.526. The van der Waals surface area contributed by atoms with Crippen LogP contribution < -0.4 is 0 Å². The number of alkyl halides is 1. The summed E-state index contributed by atoms with van der Waals surface area (Å²) in [5.41, 5.74) is 0. The molecule has 0 radical (unpaired) electrons. The maximum Gasteiger partial charge on any atom is 0.0637 e. The Kier molecular flexibility index (Phi) is 7.88. The minimum Gasteiger partial charge on any atom is -0.392 e. The highest BCUT2D eigenvalue weighted by Gasteiger charge is 1.99. The molecular formula is C8H17BrO. The summed E-state index contributed by atoms with van der Waals surface area (Å²) in [5, 5.41) is 9.83. The van der Waals surface area contributed by atoms with Crippen molar-refractivity contribution in [3.8, 4) is 0 Å². The maximum absolute atomic E-state index is 9.11. The van der Waals surface area contributed by atoms with Crippen LogP contribution in [0.15, 0.2) is 0 Å². The van der Waals surface area contributed by atoms with Crippen LogP contribution >= 0.6 is 15.9 Å². The van der Waals surface area contributed by atoms with Crippen LogP contribution in [0.1, 0.15) is 39.0 Å². The number of rotatable bonds is 6. The van der Waals surface area contributed by atoms with Crippen LogP contribution in [0.4, 0.5) is 0 Å². The second-order valence-electron chi connectivity index (χ2n) is 2.66. The lowest BCUT2D eigenvalue weighted by atomic mass is 10.1. The summed E-state index contributed by atoms with van der Waals surface area (Å²) >= 11 is 3.23. The molecule has 1 N–H and O–H groups in total. The van der Waals surface area contributed by atoms with Gasteiger partial charge >= 0.3 is 0 Å². The van der Waals surface area contributed by atoms with Crippen LogP contribution in [0.2, 0.25) is 0 Å². The van der Waals surface area contributed by atoms with Crippen LogP contribution in [-0.2, 0) is 0 Å². The molecule has 0 aliphatic rings. The average Bonchev–Trinajstić information content (AvgIpc) is 1.98. The van der Waals surface area contributed by atoms with Gasteiger partial charge in [0, 0.05) is 5.33 Å². The topological polar surface area (TPSA) is 20.2 Å². The van der Waals surface area contributed by atoms with E-state index in [4.69, 9.17) is 5.11 Å². The van der Waals surface area contributed by atoms with Gasteiger partial charge in [-0.2, -0.15) is 0 Å². The van der Waals surface area contributed by atoms with Crippen LogP contribution in [0, 0.1) is 0 Å². The van der Waals surface area contributed by atoms with Gasteiger partial charge in [-0.05, 0) is 6.42 Å².